The summed E-state index contributed by atoms with van der Waals surface area (Å²) in [6, 6.07) is 117. The molecule has 9 nitrogen and oxygen atoms in total. The molecule has 0 bridgehead atoms. The summed E-state index contributed by atoms with van der Waals surface area (Å²) < 4.78 is 0. The van der Waals surface area contributed by atoms with E-state index in [2.05, 4.69) is 302 Å². The zero-order chi connectivity index (χ0) is 69.8. The smallest absolute Gasteiger partial charge is 0.187 e. The average Bonchev–Trinajstić information content (AvgIpc) is 0.753. The fraction of sp³-hybridized carbons (Fsp3) is 0.0222. The maximum atomic E-state index is 9.65. The van der Waals surface area contributed by atoms with Crippen LogP contribution in [0.3, 0.4) is 0 Å². The zero-order valence-corrected chi connectivity index (χ0v) is 58.9. The molecule has 0 radical (unpaired) electrons. The minimum absolute atomic E-state index is 0. The quantitative estimate of drug-likeness (QED) is 0.111. The Balaban J connectivity index is 0.000000141. The molecule has 1 N–H and O–H groups in total. The summed E-state index contributed by atoms with van der Waals surface area (Å²) in [7, 11) is 0. The van der Waals surface area contributed by atoms with Crippen molar-refractivity contribution in [3.8, 4) is 12.1 Å². The Kier molecular flexibility index (Phi) is 19.6. The van der Waals surface area contributed by atoms with Crippen LogP contribution < -0.4 is 24.9 Å². The lowest BCUT2D eigenvalue weighted by Gasteiger charge is -2.36. The number of anilines is 14. The fourth-order valence-corrected chi connectivity index (χ4v) is 17.7. The van der Waals surface area contributed by atoms with Crippen LogP contribution in [0.2, 0.25) is 5.02 Å². The van der Waals surface area contributed by atoms with E-state index in [9.17, 15) is 5.26 Å². The standard InChI is InChI=1S/C45H28N4S2.C30H19ClN2S2.C14H9N3.CH4/c1-47-34-24-22-32(23-25-34)45(31-20-18-30(29-46)19-21-31)33-26-35(48-37-10-2-6-14-41(37)50-42-15-7-3-11-38(42)48)28-36(27-33)49-39-12-4-8-16-43(39)51-44-17-9-5-13-40(44)49;31-20-17-21(32-23-9-1-5-13-27(23)34-28-14-6-2-10-24(28)32)19-22(18-20)33-25-11-3-7-15-29(25)35-30-16-8-4-12-26(30)33;1-16-12-6-8-14(9-7-12)17-13-4-2-11(10-15)3-5-13;/h2-28,45H;1-19H;2-9,17H;1H4. The summed E-state index contributed by atoms with van der Waals surface area (Å²) in [4.78, 5) is 26.2. The van der Waals surface area contributed by atoms with E-state index in [0.717, 1.165) is 73.6 Å². The van der Waals surface area contributed by atoms with Crippen molar-refractivity contribution in [1.82, 2.24) is 0 Å². The lowest BCUT2D eigenvalue weighted by molar-refractivity contribution is 0.973. The number of rotatable bonds is 9. The first kappa shape index (κ1) is 67.5. The van der Waals surface area contributed by atoms with E-state index in [4.69, 9.17) is 30.0 Å². The number of nitriles is 2. The van der Waals surface area contributed by atoms with Gasteiger partial charge >= 0.3 is 0 Å². The molecule has 1 atom stereocenters. The second-order valence-electron chi connectivity index (χ2n) is 24.3. The average molecular weight is 1430 g/mol. The second-order valence-corrected chi connectivity index (χ2v) is 29.1. The van der Waals surface area contributed by atoms with Crippen LogP contribution in [0.15, 0.2) is 367 Å². The third-order valence-electron chi connectivity index (χ3n) is 17.9. The molecule has 0 aliphatic carbocycles. The Morgan fingerprint density at radius 2 is 0.548 bits per heavy atom. The molecule has 0 saturated heterocycles. The van der Waals surface area contributed by atoms with E-state index in [1.54, 1.807) is 47.8 Å². The molecule has 0 amide bonds. The molecule has 496 valence electrons. The fourth-order valence-electron chi connectivity index (χ4n) is 13.3. The molecule has 4 aliphatic heterocycles. The predicted octanol–water partition coefficient (Wildman–Crippen LogP) is 27.9. The van der Waals surface area contributed by atoms with E-state index in [-0.39, 0.29) is 13.3 Å². The van der Waals surface area contributed by atoms with Crippen molar-refractivity contribution in [2.24, 2.45) is 0 Å². The van der Waals surface area contributed by atoms with Crippen molar-refractivity contribution in [3.63, 3.8) is 0 Å². The number of nitrogens with zero attached hydrogens (tertiary/aromatic N) is 8. The van der Waals surface area contributed by atoms with Gasteiger partial charge in [-0.05, 0) is 199 Å². The number of hydrogen-bond donors (Lipinski definition) is 1. The van der Waals surface area contributed by atoms with Crippen molar-refractivity contribution in [1.29, 1.82) is 10.5 Å². The van der Waals surface area contributed by atoms with Gasteiger partial charge in [-0.15, -0.1) is 0 Å². The number of fused-ring (bicyclic) bond motifs is 8. The van der Waals surface area contributed by atoms with Gasteiger partial charge in [-0.3, -0.25) is 0 Å². The van der Waals surface area contributed by atoms with Gasteiger partial charge in [0.25, 0.3) is 0 Å². The lowest BCUT2D eigenvalue weighted by Crippen LogP contribution is -2.18. The molecule has 14 aromatic rings. The number of hydrogen-bond acceptors (Lipinski definition) is 11. The maximum absolute atomic E-state index is 9.65. The molecular weight excluding hydrogens is 1370 g/mol. The third-order valence-corrected chi connectivity index (χ3v) is 22.7. The summed E-state index contributed by atoms with van der Waals surface area (Å²) in [5.41, 5.74) is 20.9. The lowest BCUT2D eigenvalue weighted by atomic mass is 9.84. The molecule has 14 aromatic carbocycles. The first-order chi connectivity index (χ1) is 50.8. The molecule has 0 saturated carbocycles. The summed E-state index contributed by atoms with van der Waals surface area (Å²) in [6.07, 6.45) is 0. The number of nitrogens with one attached hydrogen (secondary N) is 1. The van der Waals surface area contributed by atoms with Gasteiger partial charge in [-0.25, -0.2) is 9.69 Å². The molecule has 18 rings (SSSR count). The Morgan fingerprint density at radius 3 is 0.827 bits per heavy atom. The van der Waals surface area contributed by atoms with E-state index >= 15 is 0 Å². The van der Waals surface area contributed by atoms with Crippen LogP contribution in [0.1, 0.15) is 41.2 Å². The normalized spacial score (nSPS) is 12.5. The first-order valence-electron chi connectivity index (χ1n) is 33.1. The highest BCUT2D eigenvalue weighted by molar-refractivity contribution is 8.00. The molecule has 0 aromatic heterocycles. The minimum atomic E-state index is -0.175. The molecule has 0 spiro atoms. The van der Waals surface area contributed by atoms with Crippen LogP contribution >= 0.6 is 58.6 Å². The molecular formula is C90H60ClN9S4. The number of halogens is 1. The Bertz CT molecular complexity index is 5220. The first-order valence-corrected chi connectivity index (χ1v) is 36.7. The van der Waals surface area contributed by atoms with Gasteiger partial charge in [0.05, 0.1) is 81.9 Å². The summed E-state index contributed by atoms with van der Waals surface area (Å²) in [6.45, 7) is 14.4. The van der Waals surface area contributed by atoms with Gasteiger partial charge < -0.3 is 24.9 Å². The molecule has 0 fully saturated rings. The zero-order valence-electron chi connectivity index (χ0n) is 54.8. The van der Waals surface area contributed by atoms with Crippen molar-refractivity contribution < 1.29 is 0 Å². The van der Waals surface area contributed by atoms with Crippen LogP contribution in [-0.2, 0) is 0 Å². The van der Waals surface area contributed by atoms with E-state index < -0.39 is 0 Å². The van der Waals surface area contributed by atoms with Crippen LogP contribution in [0.4, 0.5) is 91.0 Å². The molecule has 1 unspecified atom stereocenters. The molecule has 14 heteroatoms. The highest BCUT2D eigenvalue weighted by atomic mass is 35.5. The third kappa shape index (κ3) is 13.6. The van der Waals surface area contributed by atoms with Crippen LogP contribution in [0.25, 0.3) is 9.69 Å². The van der Waals surface area contributed by atoms with Gasteiger partial charge in [-0.1, -0.05) is 212 Å². The summed E-state index contributed by atoms with van der Waals surface area (Å²) in [5.74, 6) is -0.175. The summed E-state index contributed by atoms with van der Waals surface area (Å²) in [5, 5.41) is 22.2. The number of benzene rings is 14. The van der Waals surface area contributed by atoms with Crippen molar-refractivity contribution >= 4 is 150 Å². The van der Waals surface area contributed by atoms with Gasteiger partial charge in [0.1, 0.15) is 0 Å². The highest BCUT2D eigenvalue weighted by Gasteiger charge is 2.32. The summed E-state index contributed by atoms with van der Waals surface area (Å²) >= 11 is 14.1. The van der Waals surface area contributed by atoms with E-state index in [1.165, 1.54) is 61.9 Å². The molecule has 104 heavy (non-hydrogen) atoms. The van der Waals surface area contributed by atoms with Crippen LogP contribution in [-0.4, -0.2) is 0 Å². The van der Waals surface area contributed by atoms with Gasteiger partial charge in [0.2, 0.25) is 0 Å². The Hall–Kier alpha value is -12.3. The van der Waals surface area contributed by atoms with E-state index in [1.807, 2.05) is 72.1 Å². The van der Waals surface area contributed by atoms with Crippen molar-refractivity contribution in [2.75, 3.05) is 24.9 Å². The topological polar surface area (TPSA) is 81.3 Å². The second kappa shape index (κ2) is 30.1. The highest BCUT2D eigenvalue weighted by Crippen LogP contribution is 2.58. The Labute approximate surface area is 628 Å². The van der Waals surface area contributed by atoms with Crippen molar-refractivity contribution in [3.05, 3.63) is 383 Å². The monoisotopic (exact) mass is 1430 g/mol. The predicted molar refractivity (Wildman–Crippen MR) is 432 cm³/mol. The molecule has 4 aliphatic rings. The minimum Gasteiger partial charge on any atom is -0.356 e. The van der Waals surface area contributed by atoms with Crippen LogP contribution in [0, 0.1) is 35.8 Å². The van der Waals surface area contributed by atoms with Gasteiger partial charge in [-0.2, -0.15) is 10.5 Å². The van der Waals surface area contributed by atoms with Gasteiger partial charge in [0, 0.05) is 84.2 Å². The van der Waals surface area contributed by atoms with Crippen molar-refractivity contribution in [2.45, 2.75) is 52.5 Å². The molecule has 4 heterocycles. The Morgan fingerprint density at radius 1 is 0.308 bits per heavy atom. The van der Waals surface area contributed by atoms with Crippen LogP contribution in [0.5, 0.6) is 0 Å². The SMILES string of the molecule is C.Clc1cc(N2c3ccccc3Sc3ccccc32)cc(N2c3ccccc3Sc3ccccc32)c1.[C-]#[N+]c1ccc(C(c2ccc(C#N)cc2)c2cc(N3c4ccccc4Sc4ccccc43)cc(N3c4ccccc4Sc4ccccc43)c2)cc1.[C-]#[N+]c1ccc(Nc2ccc(C#N)cc2)cc1. The van der Waals surface area contributed by atoms with E-state index in [0.29, 0.717) is 27.5 Å². The number of para-hydroxylation sites is 8. The van der Waals surface area contributed by atoms with Gasteiger partial charge in [0.15, 0.2) is 11.4 Å². The maximum Gasteiger partial charge on any atom is 0.187 e. The largest absolute Gasteiger partial charge is 0.356 e.